The number of hydrogen-bond donors (Lipinski definition) is 1. The second-order valence-electron chi connectivity index (χ2n) is 4.93. The van der Waals surface area contributed by atoms with E-state index in [4.69, 9.17) is 11.0 Å². The van der Waals surface area contributed by atoms with Gasteiger partial charge in [-0.1, -0.05) is 19.1 Å². The molecule has 0 radical (unpaired) electrons. The van der Waals surface area contributed by atoms with Gasteiger partial charge in [-0.3, -0.25) is 9.69 Å². The highest BCUT2D eigenvalue weighted by Gasteiger charge is 2.30. The molecule has 5 heteroatoms. The molecule has 1 heterocycles. The van der Waals surface area contributed by atoms with Gasteiger partial charge >= 0.3 is 0 Å². The minimum Gasteiger partial charge on any atom is -0.368 e. The van der Waals surface area contributed by atoms with Crippen LogP contribution in [-0.2, 0) is 4.79 Å². The molecule has 0 spiro atoms. The van der Waals surface area contributed by atoms with Crippen LogP contribution in [0.25, 0.3) is 0 Å². The van der Waals surface area contributed by atoms with Gasteiger partial charge in [0.1, 0.15) is 6.04 Å². The third kappa shape index (κ3) is 3.33. The molecule has 1 aromatic rings. The van der Waals surface area contributed by atoms with Gasteiger partial charge in [0.25, 0.3) is 0 Å². The second kappa shape index (κ2) is 6.78. The van der Waals surface area contributed by atoms with E-state index in [1.807, 2.05) is 23.9 Å². The van der Waals surface area contributed by atoms with Crippen molar-refractivity contribution in [1.82, 2.24) is 4.90 Å². The van der Waals surface area contributed by atoms with Crippen molar-refractivity contribution >= 4 is 17.7 Å². The van der Waals surface area contributed by atoms with Gasteiger partial charge in [-0.2, -0.15) is 17.0 Å². The van der Waals surface area contributed by atoms with Crippen LogP contribution >= 0.6 is 11.8 Å². The molecular weight excluding hydrogens is 270 g/mol. The van der Waals surface area contributed by atoms with Crippen LogP contribution in [0.3, 0.4) is 0 Å². The number of thioether (sulfide) groups is 1. The summed E-state index contributed by atoms with van der Waals surface area (Å²) in [5, 5.41) is 9.40. The molecule has 20 heavy (non-hydrogen) atoms. The van der Waals surface area contributed by atoms with Crippen molar-refractivity contribution in [2.45, 2.75) is 24.6 Å². The van der Waals surface area contributed by atoms with Gasteiger partial charge in [-0.25, -0.2) is 0 Å². The Bertz CT molecular complexity index is 509. The van der Waals surface area contributed by atoms with Crippen LogP contribution in [0, 0.1) is 11.3 Å². The Labute approximate surface area is 123 Å². The maximum absolute atomic E-state index is 11.9. The number of hydrogen-bond acceptors (Lipinski definition) is 4. The number of nitrogens with two attached hydrogens (primary N) is 1. The molecule has 4 nitrogen and oxygen atoms in total. The average Bonchev–Trinajstić information content (AvgIpc) is 2.48. The van der Waals surface area contributed by atoms with Crippen molar-refractivity contribution in [1.29, 1.82) is 5.26 Å². The summed E-state index contributed by atoms with van der Waals surface area (Å²) in [6.45, 7) is 3.92. The van der Waals surface area contributed by atoms with E-state index < -0.39 is 6.04 Å². The summed E-state index contributed by atoms with van der Waals surface area (Å²) in [7, 11) is 0. The van der Waals surface area contributed by atoms with E-state index in [0.29, 0.717) is 10.8 Å². The maximum atomic E-state index is 11.9. The lowest BCUT2D eigenvalue weighted by Crippen LogP contribution is -2.45. The van der Waals surface area contributed by atoms with Gasteiger partial charge in [0.05, 0.1) is 11.6 Å². The first kappa shape index (κ1) is 14.9. The number of amides is 1. The zero-order valence-electron chi connectivity index (χ0n) is 11.6. The number of primary amides is 1. The first-order chi connectivity index (χ1) is 9.65. The van der Waals surface area contributed by atoms with Crippen LogP contribution in [0.15, 0.2) is 24.3 Å². The quantitative estimate of drug-likeness (QED) is 0.919. The molecular formula is C15H19N3OS. The molecule has 0 aromatic heterocycles. The molecule has 1 saturated heterocycles. The van der Waals surface area contributed by atoms with E-state index >= 15 is 0 Å². The number of nitriles is 1. The molecule has 2 rings (SSSR count). The van der Waals surface area contributed by atoms with Gasteiger partial charge in [0.15, 0.2) is 0 Å². The Morgan fingerprint density at radius 3 is 2.80 bits per heavy atom. The van der Waals surface area contributed by atoms with Crippen LogP contribution in [0.2, 0.25) is 0 Å². The summed E-state index contributed by atoms with van der Waals surface area (Å²) in [5.74, 6) is 0.704. The fraction of sp³-hybridized carbons (Fsp3) is 0.467. The zero-order chi connectivity index (χ0) is 14.5. The standard InChI is InChI=1S/C15H19N3OS/c1-2-13-10-18(7-8-20-13)14(15(17)19)12-5-3-11(9-16)4-6-12/h3-6,13-14H,2,7-8,10H2,1H3,(H2,17,19)/t13-,14-/m1/s1. The molecule has 0 unspecified atom stereocenters. The van der Waals surface area contributed by atoms with E-state index in [9.17, 15) is 4.79 Å². The molecule has 2 atom stereocenters. The summed E-state index contributed by atoms with van der Waals surface area (Å²) in [4.78, 5) is 14.0. The van der Waals surface area contributed by atoms with Crippen LogP contribution < -0.4 is 5.73 Å². The average molecular weight is 289 g/mol. The third-order valence-electron chi connectivity index (χ3n) is 3.62. The lowest BCUT2D eigenvalue weighted by atomic mass is 10.0. The molecule has 0 saturated carbocycles. The summed E-state index contributed by atoms with van der Waals surface area (Å²) in [5.41, 5.74) is 7.07. The van der Waals surface area contributed by atoms with Crippen molar-refractivity contribution in [3.8, 4) is 6.07 Å². The van der Waals surface area contributed by atoms with Crippen LogP contribution in [0.1, 0.15) is 30.5 Å². The van der Waals surface area contributed by atoms with Gasteiger partial charge in [-0.15, -0.1) is 0 Å². The Balaban J connectivity index is 2.22. The summed E-state index contributed by atoms with van der Waals surface area (Å²) < 4.78 is 0. The molecule has 0 bridgehead atoms. The normalized spacial score (nSPS) is 21.1. The lowest BCUT2D eigenvalue weighted by molar-refractivity contribution is -0.123. The zero-order valence-corrected chi connectivity index (χ0v) is 12.4. The third-order valence-corrected chi connectivity index (χ3v) is 4.99. The molecule has 1 amide bonds. The van der Waals surface area contributed by atoms with Crippen LogP contribution in [-0.4, -0.2) is 34.9 Å². The minimum absolute atomic E-state index is 0.323. The topological polar surface area (TPSA) is 70.1 Å². The second-order valence-corrected chi connectivity index (χ2v) is 6.34. The highest BCUT2D eigenvalue weighted by molar-refractivity contribution is 8.00. The highest BCUT2D eigenvalue weighted by Crippen LogP contribution is 2.28. The fourth-order valence-electron chi connectivity index (χ4n) is 2.52. The molecule has 1 aromatic carbocycles. The van der Waals surface area contributed by atoms with Crippen molar-refractivity contribution in [2.24, 2.45) is 5.73 Å². The fourth-order valence-corrected chi connectivity index (χ4v) is 3.72. The Kier molecular flexibility index (Phi) is 5.05. The number of rotatable bonds is 4. The molecule has 106 valence electrons. The maximum Gasteiger partial charge on any atom is 0.239 e. The first-order valence-corrected chi connectivity index (χ1v) is 7.85. The van der Waals surface area contributed by atoms with Crippen molar-refractivity contribution in [2.75, 3.05) is 18.8 Å². The monoisotopic (exact) mass is 289 g/mol. The SMILES string of the molecule is CC[C@@H]1CN([C@@H](C(N)=O)c2ccc(C#N)cc2)CCS1. The van der Waals surface area contributed by atoms with E-state index in [-0.39, 0.29) is 5.91 Å². The summed E-state index contributed by atoms with van der Waals surface area (Å²) >= 11 is 1.96. The van der Waals surface area contributed by atoms with Crippen molar-refractivity contribution in [3.05, 3.63) is 35.4 Å². The molecule has 1 fully saturated rings. The lowest BCUT2D eigenvalue weighted by Gasteiger charge is -2.36. The number of carbonyl (C=O) groups excluding carboxylic acids is 1. The molecule has 1 aliphatic heterocycles. The van der Waals surface area contributed by atoms with E-state index in [1.54, 1.807) is 12.1 Å². The molecule has 0 aliphatic carbocycles. The predicted octanol–water partition coefficient (Wildman–Crippen LogP) is 1.91. The van der Waals surface area contributed by atoms with Crippen molar-refractivity contribution in [3.63, 3.8) is 0 Å². The number of nitrogens with zero attached hydrogens (tertiary/aromatic N) is 2. The smallest absolute Gasteiger partial charge is 0.239 e. The Hall–Kier alpha value is -1.51. The van der Waals surface area contributed by atoms with Gasteiger partial charge in [-0.05, 0) is 24.1 Å². The van der Waals surface area contributed by atoms with Gasteiger partial charge < -0.3 is 5.73 Å². The van der Waals surface area contributed by atoms with E-state index in [1.165, 1.54) is 0 Å². The predicted molar refractivity (Wildman–Crippen MR) is 81.2 cm³/mol. The van der Waals surface area contributed by atoms with E-state index in [2.05, 4.69) is 17.9 Å². The van der Waals surface area contributed by atoms with Gasteiger partial charge in [0, 0.05) is 24.1 Å². The van der Waals surface area contributed by atoms with Crippen LogP contribution in [0.5, 0.6) is 0 Å². The number of carbonyl (C=O) groups is 1. The Morgan fingerprint density at radius 1 is 1.55 bits per heavy atom. The van der Waals surface area contributed by atoms with Gasteiger partial charge in [0.2, 0.25) is 5.91 Å². The summed E-state index contributed by atoms with van der Waals surface area (Å²) in [6.07, 6.45) is 1.10. The number of benzene rings is 1. The van der Waals surface area contributed by atoms with Crippen LogP contribution in [0.4, 0.5) is 0 Å². The molecule has 1 aliphatic rings. The first-order valence-electron chi connectivity index (χ1n) is 6.80. The Morgan fingerprint density at radius 2 is 2.25 bits per heavy atom. The largest absolute Gasteiger partial charge is 0.368 e. The molecule has 2 N–H and O–H groups in total. The highest BCUT2D eigenvalue weighted by atomic mass is 32.2. The minimum atomic E-state index is -0.391. The van der Waals surface area contributed by atoms with E-state index in [0.717, 1.165) is 30.8 Å². The van der Waals surface area contributed by atoms with Crippen molar-refractivity contribution < 1.29 is 4.79 Å². The summed E-state index contributed by atoms with van der Waals surface area (Å²) in [6, 6.07) is 8.83.